The Bertz CT molecular complexity index is 881. The lowest BCUT2D eigenvalue weighted by atomic mass is 10.0. The van der Waals surface area contributed by atoms with E-state index < -0.39 is 5.91 Å². The third kappa shape index (κ3) is 4.49. The molecule has 1 atom stereocenters. The van der Waals surface area contributed by atoms with Crippen molar-refractivity contribution in [1.29, 1.82) is 0 Å². The van der Waals surface area contributed by atoms with Gasteiger partial charge in [-0.2, -0.15) is 0 Å². The van der Waals surface area contributed by atoms with Crippen LogP contribution in [0.25, 0.3) is 11.1 Å². The van der Waals surface area contributed by atoms with Crippen LogP contribution in [0.1, 0.15) is 40.5 Å². The van der Waals surface area contributed by atoms with E-state index in [1.54, 1.807) is 35.4 Å². The number of hydrogen-bond acceptors (Lipinski definition) is 4. The van der Waals surface area contributed by atoms with Crippen molar-refractivity contribution in [2.45, 2.75) is 25.8 Å². The highest BCUT2D eigenvalue weighted by Gasteiger charge is 2.25. The summed E-state index contributed by atoms with van der Waals surface area (Å²) in [6.45, 7) is 2.65. The molecule has 1 fully saturated rings. The quantitative estimate of drug-likeness (QED) is 0.857. The van der Waals surface area contributed by atoms with Crippen LogP contribution in [0.5, 0.6) is 0 Å². The Kier molecular flexibility index (Phi) is 5.49. The molecule has 0 aliphatic carbocycles. The van der Waals surface area contributed by atoms with Gasteiger partial charge in [-0.05, 0) is 36.6 Å². The summed E-state index contributed by atoms with van der Waals surface area (Å²) >= 11 is 0. The fourth-order valence-electron chi connectivity index (χ4n) is 3.31. The average Bonchev–Trinajstić information content (AvgIpc) is 2.67. The fraction of sp³-hybridized carbons (Fsp3) is 0.300. The van der Waals surface area contributed by atoms with Gasteiger partial charge in [0.05, 0.1) is 5.56 Å². The molecule has 27 heavy (non-hydrogen) atoms. The molecule has 1 saturated heterocycles. The van der Waals surface area contributed by atoms with Gasteiger partial charge < -0.3 is 16.0 Å². The van der Waals surface area contributed by atoms with Crippen LogP contribution in [-0.4, -0.2) is 46.7 Å². The molecule has 1 aliphatic rings. The predicted molar refractivity (Wildman–Crippen MR) is 101 cm³/mol. The maximum Gasteiger partial charge on any atom is 0.253 e. The Balaban J connectivity index is 1.80. The molecule has 2 heterocycles. The van der Waals surface area contributed by atoms with Crippen LogP contribution >= 0.6 is 0 Å². The summed E-state index contributed by atoms with van der Waals surface area (Å²) in [6.07, 6.45) is 4.76. The molecule has 3 N–H and O–H groups in total. The first kappa shape index (κ1) is 18.6. The average molecular weight is 366 g/mol. The first-order chi connectivity index (χ1) is 12.9. The summed E-state index contributed by atoms with van der Waals surface area (Å²) in [5.41, 5.74) is 7.69. The minimum Gasteiger partial charge on any atom is -0.366 e. The molecule has 7 heteroatoms. The first-order valence-corrected chi connectivity index (χ1v) is 8.85. The second kappa shape index (κ2) is 7.99. The number of nitrogens with zero attached hydrogens (tertiary/aromatic N) is 2. The van der Waals surface area contributed by atoms with Gasteiger partial charge in [0.2, 0.25) is 11.8 Å². The Morgan fingerprint density at radius 1 is 1.15 bits per heavy atom. The molecule has 2 aromatic rings. The summed E-state index contributed by atoms with van der Waals surface area (Å²) < 4.78 is 0. The number of aromatic nitrogens is 1. The Morgan fingerprint density at radius 3 is 2.67 bits per heavy atom. The third-order valence-corrected chi connectivity index (χ3v) is 4.58. The van der Waals surface area contributed by atoms with Gasteiger partial charge in [-0.15, -0.1) is 0 Å². The zero-order valence-electron chi connectivity index (χ0n) is 15.1. The second-order valence-electron chi connectivity index (χ2n) is 6.70. The molecule has 0 unspecified atom stereocenters. The summed E-state index contributed by atoms with van der Waals surface area (Å²) in [6, 6.07) is 8.85. The minimum atomic E-state index is -0.547. The summed E-state index contributed by atoms with van der Waals surface area (Å²) in [5, 5.41) is 2.89. The first-order valence-electron chi connectivity index (χ1n) is 8.85. The van der Waals surface area contributed by atoms with Gasteiger partial charge in [0.15, 0.2) is 0 Å². The largest absolute Gasteiger partial charge is 0.366 e. The number of nitrogens with two attached hydrogens (primary N) is 1. The van der Waals surface area contributed by atoms with Crippen LogP contribution in [0.4, 0.5) is 0 Å². The van der Waals surface area contributed by atoms with E-state index in [1.807, 2.05) is 6.07 Å². The van der Waals surface area contributed by atoms with Gasteiger partial charge in [-0.1, -0.05) is 12.1 Å². The maximum atomic E-state index is 12.9. The molecular formula is C20H22N4O3. The van der Waals surface area contributed by atoms with Gasteiger partial charge >= 0.3 is 0 Å². The number of piperidine rings is 1. The molecule has 0 spiro atoms. The molecular weight excluding hydrogens is 344 g/mol. The zero-order chi connectivity index (χ0) is 19.4. The van der Waals surface area contributed by atoms with Gasteiger partial charge in [-0.3, -0.25) is 19.4 Å². The molecule has 1 aliphatic heterocycles. The second-order valence-corrected chi connectivity index (χ2v) is 6.70. The van der Waals surface area contributed by atoms with Crippen molar-refractivity contribution in [2.75, 3.05) is 13.1 Å². The van der Waals surface area contributed by atoms with E-state index in [0.717, 1.165) is 24.0 Å². The van der Waals surface area contributed by atoms with E-state index >= 15 is 0 Å². The summed E-state index contributed by atoms with van der Waals surface area (Å²) in [7, 11) is 0. The van der Waals surface area contributed by atoms with E-state index in [-0.39, 0.29) is 17.9 Å². The van der Waals surface area contributed by atoms with Crippen LogP contribution in [0.15, 0.2) is 42.7 Å². The van der Waals surface area contributed by atoms with Crippen LogP contribution in [0, 0.1) is 0 Å². The number of likely N-dealkylation sites (tertiary alicyclic amines) is 1. The number of nitrogens with one attached hydrogen (secondary N) is 1. The molecule has 3 amide bonds. The molecule has 0 saturated carbocycles. The summed E-state index contributed by atoms with van der Waals surface area (Å²) in [4.78, 5) is 41.4. The van der Waals surface area contributed by atoms with E-state index in [4.69, 9.17) is 5.73 Å². The van der Waals surface area contributed by atoms with Crippen LogP contribution in [0.2, 0.25) is 0 Å². The number of carbonyl (C=O) groups excluding carboxylic acids is 3. The fourth-order valence-corrected chi connectivity index (χ4v) is 3.31. The van der Waals surface area contributed by atoms with Crippen LogP contribution in [-0.2, 0) is 4.79 Å². The van der Waals surface area contributed by atoms with Gasteiger partial charge in [-0.25, -0.2) is 0 Å². The highest BCUT2D eigenvalue weighted by Crippen LogP contribution is 2.22. The highest BCUT2D eigenvalue weighted by atomic mass is 16.2. The van der Waals surface area contributed by atoms with E-state index in [2.05, 4.69) is 10.3 Å². The van der Waals surface area contributed by atoms with Gasteiger partial charge in [0, 0.05) is 49.6 Å². The van der Waals surface area contributed by atoms with E-state index in [0.29, 0.717) is 24.2 Å². The summed E-state index contributed by atoms with van der Waals surface area (Å²) in [5.74, 6) is -0.710. The number of carbonyl (C=O) groups is 3. The molecule has 0 radical (unpaired) electrons. The normalized spacial score (nSPS) is 16.6. The van der Waals surface area contributed by atoms with Gasteiger partial charge in [0.25, 0.3) is 5.91 Å². The molecule has 1 aromatic heterocycles. The SMILES string of the molecule is CC(=O)N[C@@H]1CCCN(C(=O)c2cccc(-c3cncc(C(N)=O)c3)c2)C1. The van der Waals surface area contributed by atoms with Crippen molar-refractivity contribution in [2.24, 2.45) is 5.73 Å². The lowest BCUT2D eigenvalue weighted by molar-refractivity contribution is -0.120. The van der Waals surface area contributed by atoms with Gasteiger partial charge in [0.1, 0.15) is 0 Å². The van der Waals surface area contributed by atoms with Crippen molar-refractivity contribution >= 4 is 17.7 Å². The van der Waals surface area contributed by atoms with E-state index in [9.17, 15) is 14.4 Å². The number of hydrogen-bond donors (Lipinski definition) is 2. The van der Waals surface area contributed by atoms with Crippen molar-refractivity contribution in [3.63, 3.8) is 0 Å². The third-order valence-electron chi connectivity index (χ3n) is 4.58. The Hall–Kier alpha value is -3.22. The van der Waals surface area contributed by atoms with Crippen molar-refractivity contribution < 1.29 is 14.4 Å². The molecule has 0 bridgehead atoms. The maximum absolute atomic E-state index is 12.9. The zero-order valence-corrected chi connectivity index (χ0v) is 15.1. The number of primary amides is 1. The lowest BCUT2D eigenvalue weighted by Crippen LogP contribution is -2.49. The van der Waals surface area contributed by atoms with Crippen molar-refractivity contribution in [3.05, 3.63) is 53.9 Å². The monoisotopic (exact) mass is 366 g/mol. The van der Waals surface area contributed by atoms with Crippen LogP contribution < -0.4 is 11.1 Å². The minimum absolute atomic E-state index is 0.0140. The topological polar surface area (TPSA) is 105 Å². The van der Waals surface area contributed by atoms with Crippen molar-refractivity contribution in [1.82, 2.24) is 15.2 Å². The number of rotatable bonds is 4. The van der Waals surface area contributed by atoms with E-state index in [1.165, 1.54) is 13.1 Å². The predicted octanol–water partition coefficient (Wildman–Crippen LogP) is 1.59. The number of amides is 3. The standard InChI is InChI=1S/C20H22N4O3/c1-13(25)23-18-6-3-7-24(12-18)20(27)15-5-2-4-14(8-15)16-9-17(19(21)26)11-22-10-16/h2,4-5,8-11,18H,3,6-7,12H2,1H3,(H2,21,26)(H,23,25)/t18-/m1/s1. The smallest absolute Gasteiger partial charge is 0.253 e. The Labute approximate surface area is 157 Å². The van der Waals surface area contributed by atoms with Crippen LogP contribution in [0.3, 0.4) is 0 Å². The number of pyridine rings is 1. The molecule has 140 valence electrons. The molecule has 7 nitrogen and oxygen atoms in total. The molecule has 1 aromatic carbocycles. The Morgan fingerprint density at radius 2 is 1.93 bits per heavy atom. The number of benzene rings is 1. The van der Waals surface area contributed by atoms with Crippen molar-refractivity contribution in [3.8, 4) is 11.1 Å². The highest BCUT2D eigenvalue weighted by molar-refractivity contribution is 5.96. The lowest BCUT2D eigenvalue weighted by Gasteiger charge is -2.33. The molecule has 3 rings (SSSR count).